The Hall–Kier alpha value is -3.01. The Balaban J connectivity index is 1.38. The number of nitrogens with zero attached hydrogens (tertiary/aromatic N) is 5. The minimum Gasteiger partial charge on any atom is -0.464 e. The van der Waals surface area contributed by atoms with Crippen molar-refractivity contribution in [1.29, 1.82) is 0 Å². The number of hydrogen-bond acceptors (Lipinski definition) is 9. The van der Waals surface area contributed by atoms with Gasteiger partial charge in [0.2, 0.25) is 5.95 Å². The zero-order valence-corrected chi connectivity index (χ0v) is 17.6. The van der Waals surface area contributed by atoms with Crippen LogP contribution in [0.3, 0.4) is 0 Å². The number of esters is 1. The highest BCUT2D eigenvalue weighted by Crippen LogP contribution is 2.45. The fourth-order valence-electron chi connectivity index (χ4n) is 4.93. The van der Waals surface area contributed by atoms with E-state index < -0.39 is 5.97 Å². The van der Waals surface area contributed by atoms with E-state index >= 15 is 0 Å². The fraction of sp³-hybridized carbons (Fsp3) is 0.571. The zero-order valence-electron chi connectivity index (χ0n) is 17.6. The molecule has 164 valence electrons. The summed E-state index contributed by atoms with van der Waals surface area (Å²) in [6.07, 6.45) is 6.54. The van der Waals surface area contributed by atoms with Crippen LogP contribution in [0.4, 0.5) is 11.8 Å². The molecule has 2 aromatic rings. The average Bonchev–Trinajstić information content (AvgIpc) is 3.18. The minimum absolute atomic E-state index is 0.0116. The summed E-state index contributed by atoms with van der Waals surface area (Å²) in [5.41, 5.74) is 1.90. The van der Waals surface area contributed by atoms with Crippen LogP contribution in [-0.4, -0.2) is 72.4 Å². The Kier molecular flexibility index (Phi) is 5.09. The third-order valence-electron chi connectivity index (χ3n) is 6.73. The Morgan fingerprint density at radius 1 is 1.10 bits per heavy atom. The number of morpholine rings is 1. The number of methoxy groups -OCH3 is 1. The van der Waals surface area contributed by atoms with E-state index in [0.29, 0.717) is 25.0 Å². The molecule has 3 aliphatic rings. The normalized spacial score (nSPS) is 20.0. The van der Waals surface area contributed by atoms with Gasteiger partial charge >= 0.3 is 5.97 Å². The molecule has 0 bridgehead atoms. The first-order valence-corrected chi connectivity index (χ1v) is 10.7. The highest BCUT2D eigenvalue weighted by molar-refractivity contribution is 5.87. The molecule has 4 heterocycles. The van der Waals surface area contributed by atoms with Gasteiger partial charge in [0.1, 0.15) is 5.82 Å². The number of aromatic amines is 1. The van der Waals surface area contributed by atoms with Crippen molar-refractivity contribution in [3.8, 4) is 0 Å². The van der Waals surface area contributed by atoms with Crippen LogP contribution in [0.1, 0.15) is 41.0 Å². The van der Waals surface area contributed by atoms with Crippen LogP contribution in [0, 0.1) is 0 Å². The van der Waals surface area contributed by atoms with E-state index in [1.165, 1.54) is 13.3 Å². The molecule has 0 radical (unpaired) electrons. The molecule has 2 fully saturated rings. The van der Waals surface area contributed by atoms with Gasteiger partial charge in [0, 0.05) is 37.2 Å². The largest absolute Gasteiger partial charge is 0.464 e. The number of nitrogens with one attached hydrogen (secondary N) is 1. The van der Waals surface area contributed by atoms with Gasteiger partial charge in [-0.2, -0.15) is 0 Å². The van der Waals surface area contributed by atoms with Gasteiger partial charge in [-0.3, -0.25) is 14.8 Å². The average molecular weight is 426 g/mol. The molecule has 10 nitrogen and oxygen atoms in total. The number of fused-ring (bicyclic) bond motifs is 2. The van der Waals surface area contributed by atoms with Crippen LogP contribution in [0.5, 0.6) is 0 Å². The standard InChI is InChI=1S/C21H26N6O4/c1-30-19(29)15-12-22-13-16(23-15)26-6-4-21(5-7-26)3-2-14-17(21)24-20(25-18(14)28)27-8-10-31-11-9-27/h12-13H,2-11H2,1H3,(H,24,25,28). The number of piperidine rings is 1. The lowest BCUT2D eigenvalue weighted by atomic mass is 9.76. The molecular weight excluding hydrogens is 400 g/mol. The van der Waals surface area contributed by atoms with E-state index in [1.54, 1.807) is 6.20 Å². The SMILES string of the molecule is COC(=O)c1cncc(N2CCC3(CCc4c3nc(N3CCOCC3)[nH]c4=O)CC2)n1. The van der Waals surface area contributed by atoms with Gasteiger partial charge in [0.15, 0.2) is 5.69 Å². The number of hydrogen-bond donors (Lipinski definition) is 1. The summed E-state index contributed by atoms with van der Waals surface area (Å²) in [7, 11) is 1.33. The molecule has 1 aliphatic carbocycles. The molecule has 1 spiro atoms. The van der Waals surface area contributed by atoms with E-state index in [9.17, 15) is 9.59 Å². The molecule has 0 saturated carbocycles. The molecule has 2 aliphatic heterocycles. The molecule has 10 heteroatoms. The lowest BCUT2D eigenvalue weighted by Gasteiger charge is -2.40. The molecule has 0 aromatic carbocycles. The summed E-state index contributed by atoms with van der Waals surface area (Å²) < 4.78 is 10.2. The second-order valence-corrected chi connectivity index (χ2v) is 8.34. The second-order valence-electron chi connectivity index (χ2n) is 8.34. The van der Waals surface area contributed by atoms with Gasteiger partial charge in [0.05, 0.1) is 38.4 Å². The maximum absolute atomic E-state index is 12.8. The van der Waals surface area contributed by atoms with Gasteiger partial charge in [-0.15, -0.1) is 0 Å². The summed E-state index contributed by atoms with van der Waals surface area (Å²) in [5.74, 6) is 0.836. The smallest absolute Gasteiger partial charge is 0.358 e. The number of ether oxygens (including phenoxy) is 2. The molecule has 5 rings (SSSR count). The first kappa shape index (κ1) is 19.9. The zero-order chi connectivity index (χ0) is 21.4. The summed E-state index contributed by atoms with van der Waals surface area (Å²) in [4.78, 5) is 45.3. The Bertz CT molecular complexity index is 1040. The monoisotopic (exact) mass is 426 g/mol. The topological polar surface area (TPSA) is 114 Å². The Labute approximate surface area is 179 Å². The predicted molar refractivity (Wildman–Crippen MR) is 113 cm³/mol. The lowest BCUT2D eigenvalue weighted by Crippen LogP contribution is -2.43. The predicted octanol–water partition coefficient (Wildman–Crippen LogP) is 0.668. The quantitative estimate of drug-likeness (QED) is 0.707. The molecule has 0 atom stereocenters. The van der Waals surface area contributed by atoms with Crippen molar-refractivity contribution < 1.29 is 14.3 Å². The highest BCUT2D eigenvalue weighted by atomic mass is 16.5. The van der Waals surface area contributed by atoms with Gasteiger partial charge in [-0.1, -0.05) is 0 Å². The van der Waals surface area contributed by atoms with Crippen LogP contribution in [0.2, 0.25) is 0 Å². The lowest BCUT2D eigenvalue weighted by molar-refractivity contribution is 0.0593. The minimum atomic E-state index is -0.494. The third kappa shape index (κ3) is 3.54. The van der Waals surface area contributed by atoms with E-state index in [0.717, 1.165) is 63.1 Å². The molecule has 0 amide bonds. The number of anilines is 2. The van der Waals surface area contributed by atoms with E-state index in [-0.39, 0.29) is 16.7 Å². The van der Waals surface area contributed by atoms with E-state index in [1.807, 2.05) is 0 Å². The molecule has 0 unspecified atom stereocenters. The molecular formula is C21H26N6O4. The van der Waals surface area contributed by atoms with Crippen molar-refractivity contribution in [2.45, 2.75) is 31.1 Å². The maximum Gasteiger partial charge on any atom is 0.358 e. The fourth-order valence-corrected chi connectivity index (χ4v) is 4.93. The van der Waals surface area contributed by atoms with Gasteiger partial charge < -0.3 is 19.3 Å². The van der Waals surface area contributed by atoms with Crippen LogP contribution in [0.25, 0.3) is 0 Å². The summed E-state index contributed by atoms with van der Waals surface area (Å²) in [6, 6.07) is 0. The number of rotatable bonds is 3. The maximum atomic E-state index is 12.8. The number of carbonyl (C=O) groups is 1. The number of carbonyl (C=O) groups excluding carboxylic acids is 1. The van der Waals surface area contributed by atoms with Crippen LogP contribution in [-0.2, 0) is 21.3 Å². The van der Waals surface area contributed by atoms with Crippen LogP contribution in [0.15, 0.2) is 17.2 Å². The summed E-state index contributed by atoms with van der Waals surface area (Å²) in [6.45, 7) is 4.29. The van der Waals surface area contributed by atoms with E-state index in [2.05, 4.69) is 24.8 Å². The van der Waals surface area contributed by atoms with Crippen molar-refractivity contribution in [3.05, 3.63) is 39.7 Å². The van der Waals surface area contributed by atoms with E-state index in [4.69, 9.17) is 14.5 Å². The van der Waals surface area contributed by atoms with Crippen LogP contribution >= 0.6 is 0 Å². The van der Waals surface area contributed by atoms with Crippen molar-refractivity contribution in [3.63, 3.8) is 0 Å². The van der Waals surface area contributed by atoms with Gasteiger partial charge in [-0.25, -0.2) is 14.8 Å². The molecule has 2 aromatic heterocycles. The van der Waals surface area contributed by atoms with Gasteiger partial charge in [-0.05, 0) is 25.7 Å². The molecule has 1 N–H and O–H groups in total. The molecule has 31 heavy (non-hydrogen) atoms. The Morgan fingerprint density at radius 3 is 2.61 bits per heavy atom. The Morgan fingerprint density at radius 2 is 1.87 bits per heavy atom. The van der Waals surface area contributed by atoms with Crippen molar-refractivity contribution in [2.24, 2.45) is 0 Å². The summed E-state index contributed by atoms with van der Waals surface area (Å²) in [5, 5.41) is 0. The highest BCUT2D eigenvalue weighted by Gasteiger charge is 2.44. The third-order valence-corrected chi connectivity index (χ3v) is 6.73. The summed E-state index contributed by atoms with van der Waals surface area (Å²) >= 11 is 0. The van der Waals surface area contributed by atoms with Crippen molar-refractivity contribution in [2.75, 3.05) is 56.3 Å². The van der Waals surface area contributed by atoms with Crippen LogP contribution < -0.4 is 15.4 Å². The number of H-pyrrole nitrogens is 1. The first-order valence-electron chi connectivity index (χ1n) is 10.7. The first-order chi connectivity index (χ1) is 15.1. The number of aromatic nitrogens is 4. The van der Waals surface area contributed by atoms with Crippen molar-refractivity contribution >= 4 is 17.7 Å². The van der Waals surface area contributed by atoms with Crippen molar-refractivity contribution in [1.82, 2.24) is 19.9 Å². The second kappa shape index (κ2) is 7.92. The van der Waals surface area contributed by atoms with Gasteiger partial charge in [0.25, 0.3) is 5.56 Å². The molecule has 2 saturated heterocycles.